The van der Waals surface area contributed by atoms with Crippen molar-refractivity contribution in [3.05, 3.63) is 87.8 Å². The van der Waals surface area contributed by atoms with E-state index in [1.165, 1.54) is 29.2 Å². The first-order valence-electron chi connectivity index (χ1n) is 9.80. The molecule has 2 aromatic heterocycles. The highest BCUT2D eigenvalue weighted by Gasteiger charge is 2.11. The second-order valence-corrected chi connectivity index (χ2v) is 7.44. The molecule has 0 aliphatic carbocycles. The highest BCUT2D eigenvalue weighted by atomic mass is 35.5. The maximum Gasteiger partial charge on any atom is 0.264 e. The second-order valence-electron chi connectivity index (χ2n) is 7.01. The van der Waals surface area contributed by atoms with E-state index in [4.69, 9.17) is 16.3 Å². The zero-order valence-corrected chi connectivity index (χ0v) is 17.6. The molecule has 0 saturated carbocycles. The SMILES string of the molecule is O=C(COc1ccc(Cl)cc1)NCCn1ncc2c(=O)n(Cc3cccc(F)c3)cnc21. The van der Waals surface area contributed by atoms with Crippen molar-refractivity contribution in [2.24, 2.45) is 0 Å². The average molecular weight is 456 g/mol. The van der Waals surface area contributed by atoms with Crippen LogP contribution in [0.5, 0.6) is 5.75 Å². The van der Waals surface area contributed by atoms with Crippen LogP contribution in [0.25, 0.3) is 11.0 Å². The lowest BCUT2D eigenvalue weighted by Gasteiger charge is -2.09. The number of fused-ring (bicyclic) bond motifs is 1. The Bertz CT molecular complexity index is 1300. The summed E-state index contributed by atoms with van der Waals surface area (Å²) in [5, 5.41) is 7.87. The lowest BCUT2D eigenvalue weighted by Crippen LogP contribution is -2.31. The summed E-state index contributed by atoms with van der Waals surface area (Å²) in [7, 11) is 0. The van der Waals surface area contributed by atoms with Crippen molar-refractivity contribution in [2.75, 3.05) is 13.2 Å². The molecular formula is C22H19ClFN5O3. The Hall–Kier alpha value is -3.72. The van der Waals surface area contributed by atoms with Crippen LogP contribution >= 0.6 is 11.6 Å². The van der Waals surface area contributed by atoms with E-state index in [9.17, 15) is 14.0 Å². The number of ether oxygens (including phenoxy) is 1. The molecule has 0 bridgehead atoms. The molecule has 4 rings (SSSR count). The van der Waals surface area contributed by atoms with E-state index in [0.717, 1.165) is 0 Å². The van der Waals surface area contributed by atoms with Crippen LogP contribution in [0.1, 0.15) is 5.56 Å². The number of hydrogen-bond donors (Lipinski definition) is 1. The lowest BCUT2D eigenvalue weighted by molar-refractivity contribution is -0.123. The maximum atomic E-state index is 13.4. The van der Waals surface area contributed by atoms with Crippen LogP contribution in [0.15, 0.2) is 65.8 Å². The summed E-state index contributed by atoms with van der Waals surface area (Å²) in [6.07, 6.45) is 2.85. The normalized spacial score (nSPS) is 10.9. The molecule has 4 aromatic rings. The number of nitrogens with one attached hydrogen (secondary N) is 1. The van der Waals surface area contributed by atoms with Gasteiger partial charge in [0.15, 0.2) is 12.3 Å². The molecular weight excluding hydrogens is 437 g/mol. The van der Waals surface area contributed by atoms with Crippen LogP contribution < -0.4 is 15.6 Å². The number of amides is 1. The average Bonchev–Trinajstić information content (AvgIpc) is 3.19. The van der Waals surface area contributed by atoms with E-state index in [1.54, 1.807) is 41.1 Å². The zero-order valence-electron chi connectivity index (χ0n) is 16.9. The van der Waals surface area contributed by atoms with Gasteiger partial charge in [0.25, 0.3) is 11.5 Å². The molecule has 164 valence electrons. The maximum absolute atomic E-state index is 13.4. The van der Waals surface area contributed by atoms with Crippen molar-refractivity contribution in [2.45, 2.75) is 13.1 Å². The number of aromatic nitrogens is 4. The van der Waals surface area contributed by atoms with Crippen LogP contribution in [0.2, 0.25) is 5.02 Å². The Labute approximate surface area is 187 Å². The molecule has 1 amide bonds. The quantitative estimate of drug-likeness (QED) is 0.441. The molecule has 0 fully saturated rings. The number of nitrogens with zero attached hydrogens (tertiary/aromatic N) is 4. The summed E-state index contributed by atoms with van der Waals surface area (Å²) in [6, 6.07) is 12.8. The summed E-state index contributed by atoms with van der Waals surface area (Å²) < 4.78 is 21.7. The molecule has 10 heteroatoms. The molecule has 0 unspecified atom stereocenters. The van der Waals surface area contributed by atoms with E-state index in [2.05, 4.69) is 15.4 Å². The first kappa shape index (κ1) is 21.5. The van der Waals surface area contributed by atoms with Crippen LogP contribution in [0.4, 0.5) is 4.39 Å². The van der Waals surface area contributed by atoms with Gasteiger partial charge in [-0.1, -0.05) is 23.7 Å². The van der Waals surface area contributed by atoms with E-state index >= 15 is 0 Å². The van der Waals surface area contributed by atoms with E-state index < -0.39 is 0 Å². The number of carbonyl (C=O) groups is 1. The molecule has 0 spiro atoms. The molecule has 0 radical (unpaired) electrons. The molecule has 0 saturated heterocycles. The fraction of sp³-hybridized carbons (Fsp3) is 0.182. The van der Waals surface area contributed by atoms with Crippen molar-refractivity contribution in [3.8, 4) is 5.75 Å². The molecule has 8 nitrogen and oxygen atoms in total. The molecule has 1 N–H and O–H groups in total. The zero-order chi connectivity index (χ0) is 22.5. The van der Waals surface area contributed by atoms with Gasteiger partial charge in [0.1, 0.15) is 23.3 Å². The van der Waals surface area contributed by atoms with Gasteiger partial charge in [0.2, 0.25) is 0 Å². The Morgan fingerprint density at radius 1 is 1.19 bits per heavy atom. The summed E-state index contributed by atoms with van der Waals surface area (Å²) in [4.78, 5) is 29.0. The Morgan fingerprint density at radius 2 is 2.00 bits per heavy atom. The largest absolute Gasteiger partial charge is 0.484 e. The topological polar surface area (TPSA) is 91.0 Å². The predicted molar refractivity (Wildman–Crippen MR) is 117 cm³/mol. The number of hydrogen-bond acceptors (Lipinski definition) is 5. The van der Waals surface area contributed by atoms with Crippen LogP contribution in [-0.2, 0) is 17.9 Å². The van der Waals surface area contributed by atoms with E-state index in [1.807, 2.05) is 0 Å². The van der Waals surface area contributed by atoms with Gasteiger partial charge in [0.05, 0.1) is 19.3 Å². The minimum atomic E-state index is -0.363. The minimum Gasteiger partial charge on any atom is -0.484 e. The van der Waals surface area contributed by atoms with E-state index in [-0.39, 0.29) is 37.0 Å². The lowest BCUT2D eigenvalue weighted by atomic mass is 10.2. The summed E-state index contributed by atoms with van der Waals surface area (Å²) in [5.41, 5.74) is 0.798. The fourth-order valence-electron chi connectivity index (χ4n) is 3.14. The highest BCUT2D eigenvalue weighted by Crippen LogP contribution is 2.15. The van der Waals surface area contributed by atoms with Crippen LogP contribution in [0.3, 0.4) is 0 Å². The number of halogens is 2. The van der Waals surface area contributed by atoms with Gasteiger partial charge in [-0.15, -0.1) is 0 Å². The second kappa shape index (κ2) is 9.61. The molecule has 0 aliphatic heterocycles. The third-order valence-electron chi connectivity index (χ3n) is 4.69. The molecule has 2 aromatic carbocycles. The third-order valence-corrected chi connectivity index (χ3v) is 4.95. The Kier molecular flexibility index (Phi) is 6.46. The van der Waals surface area contributed by atoms with Crippen molar-refractivity contribution < 1.29 is 13.9 Å². The van der Waals surface area contributed by atoms with Crippen molar-refractivity contribution in [1.82, 2.24) is 24.6 Å². The molecule has 2 heterocycles. The van der Waals surface area contributed by atoms with Crippen molar-refractivity contribution >= 4 is 28.5 Å². The van der Waals surface area contributed by atoms with Gasteiger partial charge in [-0.05, 0) is 42.0 Å². The monoisotopic (exact) mass is 455 g/mol. The summed E-state index contributed by atoms with van der Waals surface area (Å²) >= 11 is 5.81. The van der Waals surface area contributed by atoms with Gasteiger partial charge in [0, 0.05) is 11.6 Å². The van der Waals surface area contributed by atoms with Gasteiger partial charge in [-0.3, -0.25) is 14.2 Å². The molecule has 0 atom stereocenters. The highest BCUT2D eigenvalue weighted by molar-refractivity contribution is 6.30. The third kappa shape index (κ3) is 5.12. The van der Waals surface area contributed by atoms with Gasteiger partial charge in [-0.2, -0.15) is 5.10 Å². The fourth-order valence-corrected chi connectivity index (χ4v) is 3.26. The van der Waals surface area contributed by atoms with Gasteiger partial charge >= 0.3 is 0 Å². The number of carbonyl (C=O) groups excluding carboxylic acids is 1. The number of benzene rings is 2. The summed E-state index contributed by atoms with van der Waals surface area (Å²) in [6.45, 7) is 0.684. The van der Waals surface area contributed by atoms with Crippen molar-refractivity contribution in [1.29, 1.82) is 0 Å². The minimum absolute atomic E-state index is 0.134. The Balaban J connectivity index is 1.34. The van der Waals surface area contributed by atoms with E-state index in [0.29, 0.717) is 33.9 Å². The summed E-state index contributed by atoms with van der Waals surface area (Å²) in [5.74, 6) is -0.110. The smallest absolute Gasteiger partial charge is 0.264 e. The van der Waals surface area contributed by atoms with Crippen molar-refractivity contribution in [3.63, 3.8) is 0 Å². The molecule has 32 heavy (non-hydrogen) atoms. The number of rotatable bonds is 8. The van der Waals surface area contributed by atoms with Gasteiger partial charge < -0.3 is 10.1 Å². The van der Waals surface area contributed by atoms with Crippen LogP contribution in [0, 0.1) is 5.82 Å². The first-order chi connectivity index (χ1) is 15.5. The van der Waals surface area contributed by atoms with Crippen LogP contribution in [-0.4, -0.2) is 38.4 Å². The Morgan fingerprint density at radius 3 is 2.78 bits per heavy atom. The molecule has 0 aliphatic rings. The standard InChI is InChI=1S/C22H19ClFN5O3/c23-16-4-6-18(7-5-16)32-13-20(30)25-8-9-29-21-19(11-27-29)22(31)28(14-26-21)12-15-2-1-3-17(24)10-15/h1-7,10-11,14H,8-9,12-13H2,(H,25,30). The van der Waals surface area contributed by atoms with Gasteiger partial charge in [-0.25, -0.2) is 14.1 Å². The predicted octanol–water partition coefficient (Wildman–Crippen LogP) is 2.63. The first-order valence-corrected chi connectivity index (χ1v) is 10.2.